The van der Waals surface area contributed by atoms with Gasteiger partial charge in [-0.15, -0.1) is 0 Å². The lowest BCUT2D eigenvalue weighted by atomic mass is 9.52. The summed E-state index contributed by atoms with van der Waals surface area (Å²) in [6.07, 6.45) is 7.61. The van der Waals surface area contributed by atoms with Gasteiger partial charge in [0, 0.05) is 0 Å². The maximum absolute atomic E-state index is 12.8. The van der Waals surface area contributed by atoms with Gasteiger partial charge in [-0.25, -0.2) is 0 Å². The van der Waals surface area contributed by atoms with Crippen molar-refractivity contribution in [3.63, 3.8) is 0 Å². The normalized spacial score (nSPS) is 36.0. The molecule has 23 heavy (non-hydrogen) atoms. The van der Waals surface area contributed by atoms with Gasteiger partial charge in [-0.2, -0.15) is 0 Å². The summed E-state index contributed by atoms with van der Waals surface area (Å²) in [6, 6.07) is 8.15. The van der Waals surface area contributed by atoms with E-state index in [0.717, 1.165) is 24.0 Å². The van der Waals surface area contributed by atoms with Crippen molar-refractivity contribution >= 4 is 5.97 Å². The molecule has 0 N–H and O–H groups in total. The molecule has 0 aliphatic heterocycles. The predicted octanol–water partition coefficient (Wildman–Crippen LogP) is 5.18. The zero-order chi connectivity index (χ0) is 16.0. The summed E-state index contributed by atoms with van der Waals surface area (Å²) in [7, 11) is 0. The van der Waals surface area contributed by atoms with Gasteiger partial charge in [0.15, 0.2) is 0 Å². The Bertz CT molecular complexity index is 546. The highest BCUT2D eigenvalue weighted by molar-refractivity contribution is 5.76. The number of rotatable bonds is 4. The molecule has 4 aliphatic carbocycles. The molecule has 5 rings (SSSR count). The van der Waals surface area contributed by atoms with Crippen LogP contribution in [-0.4, -0.2) is 5.97 Å². The van der Waals surface area contributed by atoms with Crippen LogP contribution >= 0.6 is 0 Å². The summed E-state index contributed by atoms with van der Waals surface area (Å²) in [4.78, 5) is 12.8. The summed E-state index contributed by atoms with van der Waals surface area (Å²) in [5, 5.41) is 0. The van der Waals surface area contributed by atoms with Crippen molar-refractivity contribution in [1.82, 2.24) is 0 Å². The van der Waals surface area contributed by atoms with E-state index in [0.29, 0.717) is 17.8 Å². The zero-order valence-electron chi connectivity index (χ0n) is 14.3. The first-order valence-corrected chi connectivity index (χ1v) is 9.45. The highest BCUT2D eigenvalue weighted by Gasteiger charge is 2.51. The Labute approximate surface area is 139 Å². The lowest BCUT2D eigenvalue weighted by Gasteiger charge is -2.53. The molecule has 1 atom stereocenters. The minimum absolute atomic E-state index is 0.0371. The van der Waals surface area contributed by atoms with Crippen molar-refractivity contribution in [3.8, 4) is 5.75 Å². The first kappa shape index (κ1) is 15.2. The third-order valence-electron chi connectivity index (χ3n) is 6.78. The fourth-order valence-electron chi connectivity index (χ4n) is 5.59. The Morgan fingerprint density at radius 3 is 2.13 bits per heavy atom. The Balaban J connectivity index is 1.44. The van der Waals surface area contributed by atoms with E-state index in [1.54, 1.807) is 0 Å². The molecule has 0 amide bonds. The van der Waals surface area contributed by atoms with Crippen LogP contribution in [0.25, 0.3) is 0 Å². The van der Waals surface area contributed by atoms with E-state index >= 15 is 0 Å². The Kier molecular flexibility index (Phi) is 3.95. The van der Waals surface area contributed by atoms with E-state index in [4.69, 9.17) is 4.74 Å². The van der Waals surface area contributed by atoms with Gasteiger partial charge in [-0.05, 0) is 85.8 Å². The van der Waals surface area contributed by atoms with E-state index in [9.17, 15) is 4.79 Å². The molecule has 2 nitrogen and oxygen atoms in total. The van der Waals surface area contributed by atoms with Crippen LogP contribution in [0.3, 0.4) is 0 Å². The maximum Gasteiger partial charge on any atom is 0.314 e. The first-order chi connectivity index (χ1) is 11.1. The molecule has 4 bridgehead atoms. The minimum atomic E-state index is 0.0371. The van der Waals surface area contributed by atoms with E-state index in [2.05, 4.69) is 26.0 Å². The maximum atomic E-state index is 12.8. The van der Waals surface area contributed by atoms with Crippen LogP contribution < -0.4 is 4.74 Å². The summed E-state index contributed by atoms with van der Waals surface area (Å²) in [5.74, 6) is 4.47. The molecule has 124 valence electrons. The number of esters is 1. The average Bonchev–Trinajstić information content (AvgIpc) is 2.54. The van der Waals surface area contributed by atoms with E-state index in [1.165, 1.54) is 37.7 Å². The largest absolute Gasteiger partial charge is 0.426 e. The van der Waals surface area contributed by atoms with Crippen LogP contribution in [0.1, 0.15) is 63.9 Å². The van der Waals surface area contributed by atoms with Crippen molar-refractivity contribution in [3.05, 3.63) is 29.8 Å². The van der Waals surface area contributed by atoms with Crippen molar-refractivity contribution in [2.75, 3.05) is 0 Å². The smallest absolute Gasteiger partial charge is 0.314 e. The van der Waals surface area contributed by atoms with Crippen LogP contribution in [0, 0.1) is 29.6 Å². The van der Waals surface area contributed by atoms with Gasteiger partial charge < -0.3 is 4.74 Å². The van der Waals surface area contributed by atoms with Crippen molar-refractivity contribution in [2.45, 2.75) is 58.3 Å². The van der Waals surface area contributed by atoms with Crippen molar-refractivity contribution < 1.29 is 9.53 Å². The van der Waals surface area contributed by atoms with Gasteiger partial charge in [-0.1, -0.05) is 26.0 Å². The molecule has 0 aromatic heterocycles. The van der Waals surface area contributed by atoms with E-state index in [-0.39, 0.29) is 11.9 Å². The van der Waals surface area contributed by atoms with Crippen LogP contribution in [-0.2, 0) is 4.79 Å². The number of benzene rings is 1. The predicted molar refractivity (Wildman–Crippen MR) is 91.3 cm³/mol. The monoisotopic (exact) mass is 312 g/mol. The summed E-state index contributed by atoms with van der Waals surface area (Å²) in [6.45, 7) is 4.43. The molecule has 0 spiro atoms. The van der Waals surface area contributed by atoms with Crippen LogP contribution in [0.4, 0.5) is 0 Å². The highest BCUT2D eigenvalue weighted by Crippen LogP contribution is 2.56. The molecular formula is C21H28O2. The molecule has 0 saturated heterocycles. The Hall–Kier alpha value is -1.31. The summed E-state index contributed by atoms with van der Waals surface area (Å²) < 4.78 is 5.77. The molecule has 1 unspecified atom stereocenters. The number of carbonyl (C=O) groups is 1. The average molecular weight is 312 g/mol. The van der Waals surface area contributed by atoms with E-state index < -0.39 is 0 Å². The number of carbonyl (C=O) groups excluding carboxylic acids is 1. The second-order valence-corrected chi connectivity index (χ2v) is 8.26. The molecule has 0 heterocycles. The van der Waals surface area contributed by atoms with Crippen LogP contribution in [0.15, 0.2) is 24.3 Å². The third kappa shape index (κ3) is 2.81. The third-order valence-corrected chi connectivity index (χ3v) is 6.78. The van der Waals surface area contributed by atoms with Gasteiger partial charge in [0.1, 0.15) is 5.75 Å². The van der Waals surface area contributed by atoms with Gasteiger partial charge in [0.05, 0.1) is 5.92 Å². The molecule has 1 aromatic rings. The molecule has 1 aromatic carbocycles. The number of ether oxygens (including phenoxy) is 1. The summed E-state index contributed by atoms with van der Waals surface area (Å²) in [5.41, 5.74) is 1.32. The van der Waals surface area contributed by atoms with E-state index in [1.807, 2.05) is 12.1 Å². The summed E-state index contributed by atoms with van der Waals surface area (Å²) >= 11 is 0. The standard InChI is InChI=1S/C21H28O2/c1-3-13(2)16-4-6-19(7-5-16)23-21(22)20-17-9-14-8-15(11-17)12-18(20)10-14/h4-7,13-15,17-18,20H,3,8-12H2,1-2H3. The quantitative estimate of drug-likeness (QED) is 0.566. The lowest BCUT2D eigenvalue weighted by molar-refractivity contribution is -0.152. The van der Waals surface area contributed by atoms with Gasteiger partial charge in [-0.3, -0.25) is 4.79 Å². The van der Waals surface area contributed by atoms with Crippen molar-refractivity contribution in [2.24, 2.45) is 29.6 Å². The first-order valence-electron chi connectivity index (χ1n) is 9.45. The van der Waals surface area contributed by atoms with Gasteiger partial charge in [0.25, 0.3) is 0 Å². The second-order valence-electron chi connectivity index (χ2n) is 8.26. The molecule has 4 fully saturated rings. The Morgan fingerprint density at radius 2 is 1.61 bits per heavy atom. The molecule has 0 radical (unpaired) electrons. The molecule has 4 saturated carbocycles. The van der Waals surface area contributed by atoms with Crippen LogP contribution in [0.2, 0.25) is 0 Å². The minimum Gasteiger partial charge on any atom is -0.426 e. The molecule has 2 heteroatoms. The fraction of sp³-hybridized carbons (Fsp3) is 0.667. The SMILES string of the molecule is CCC(C)c1ccc(OC(=O)C2C3CC4CC(C3)CC2C4)cc1. The van der Waals surface area contributed by atoms with Crippen LogP contribution in [0.5, 0.6) is 5.75 Å². The van der Waals surface area contributed by atoms with Gasteiger partial charge in [0.2, 0.25) is 0 Å². The topological polar surface area (TPSA) is 26.3 Å². The highest BCUT2D eigenvalue weighted by atomic mass is 16.5. The molecular weight excluding hydrogens is 284 g/mol. The van der Waals surface area contributed by atoms with Gasteiger partial charge >= 0.3 is 5.97 Å². The molecule has 4 aliphatic rings. The lowest BCUT2D eigenvalue weighted by Crippen LogP contribution is -2.49. The number of hydrogen-bond donors (Lipinski definition) is 0. The number of hydrogen-bond acceptors (Lipinski definition) is 2. The fourth-order valence-corrected chi connectivity index (χ4v) is 5.59. The van der Waals surface area contributed by atoms with Crippen molar-refractivity contribution in [1.29, 1.82) is 0 Å². The second kappa shape index (κ2) is 5.96. The Morgan fingerprint density at radius 1 is 1.04 bits per heavy atom. The zero-order valence-corrected chi connectivity index (χ0v) is 14.3.